The predicted molar refractivity (Wildman–Crippen MR) is 71.4 cm³/mol. The average molecular weight is 276 g/mol. The quantitative estimate of drug-likeness (QED) is 0.790. The molecule has 0 radical (unpaired) electrons. The first-order chi connectivity index (χ1) is 9.48. The molecule has 0 saturated heterocycles. The maximum Gasteiger partial charge on any atom is 0.377 e. The number of alkyl halides is 2. The molecule has 2 aromatic carbocycles. The molecule has 0 amide bonds. The molecule has 2 rings (SSSR count). The first-order valence-corrected chi connectivity index (χ1v) is 6.17. The zero-order valence-corrected chi connectivity index (χ0v) is 10.9. The molecule has 0 fully saturated rings. The lowest BCUT2D eigenvalue weighted by Gasteiger charge is -2.20. The Labute approximate surface area is 116 Å². The number of ether oxygens (including phenoxy) is 1. The monoisotopic (exact) mass is 276 g/mol. The largest absolute Gasteiger partial charge is 0.448 e. The van der Waals surface area contributed by atoms with E-state index in [0.717, 1.165) is 0 Å². The van der Waals surface area contributed by atoms with Crippen LogP contribution in [0.5, 0.6) is 0 Å². The number of hydrogen-bond acceptors (Lipinski definition) is 2. The van der Waals surface area contributed by atoms with Gasteiger partial charge in [-0.15, -0.1) is 0 Å². The van der Waals surface area contributed by atoms with Crippen molar-refractivity contribution in [1.82, 2.24) is 0 Å². The van der Waals surface area contributed by atoms with E-state index in [1.807, 2.05) is 12.1 Å². The van der Waals surface area contributed by atoms with Gasteiger partial charge in [0.2, 0.25) is 0 Å². The first kappa shape index (κ1) is 14.2. The van der Waals surface area contributed by atoms with Crippen molar-refractivity contribution in [1.29, 1.82) is 0 Å². The van der Waals surface area contributed by atoms with Crippen LogP contribution in [-0.2, 0) is 9.53 Å². The van der Waals surface area contributed by atoms with Crippen LogP contribution in [0.2, 0.25) is 0 Å². The average Bonchev–Trinajstić information content (AvgIpc) is 2.45. The van der Waals surface area contributed by atoms with Gasteiger partial charge in [0.15, 0.2) is 6.10 Å². The van der Waals surface area contributed by atoms with Crippen LogP contribution in [0, 0.1) is 0 Å². The van der Waals surface area contributed by atoms with Crippen molar-refractivity contribution < 1.29 is 18.3 Å². The molecule has 2 aromatic rings. The van der Waals surface area contributed by atoms with Gasteiger partial charge in [0.1, 0.15) is 0 Å². The Bertz CT molecular complexity index is 523. The van der Waals surface area contributed by atoms with Gasteiger partial charge >= 0.3 is 11.9 Å². The molecule has 0 aliphatic heterocycles. The minimum atomic E-state index is -3.51. The van der Waals surface area contributed by atoms with Gasteiger partial charge < -0.3 is 4.74 Å². The Kier molecular flexibility index (Phi) is 4.13. The summed E-state index contributed by atoms with van der Waals surface area (Å²) in [6.45, 7) is 0.530. The Balaban J connectivity index is 2.34. The second-order valence-corrected chi connectivity index (χ2v) is 4.50. The number of carbonyl (C=O) groups excluding carboxylic acids is 1. The summed E-state index contributed by atoms with van der Waals surface area (Å²) < 4.78 is 31.1. The summed E-state index contributed by atoms with van der Waals surface area (Å²) in [7, 11) is 0. The highest BCUT2D eigenvalue weighted by Crippen LogP contribution is 2.28. The highest BCUT2D eigenvalue weighted by Gasteiger charge is 2.36. The van der Waals surface area contributed by atoms with Gasteiger partial charge in [0.05, 0.1) is 0 Å². The third-order valence-corrected chi connectivity index (χ3v) is 2.79. The summed E-state index contributed by atoms with van der Waals surface area (Å²) in [5, 5.41) is 0. The molecule has 0 spiro atoms. The number of esters is 1. The minimum absolute atomic E-state index is 0.530. The molecular weight excluding hydrogens is 262 g/mol. The van der Waals surface area contributed by atoms with E-state index in [2.05, 4.69) is 0 Å². The molecule has 0 aliphatic rings. The molecule has 4 heteroatoms. The van der Waals surface area contributed by atoms with Gasteiger partial charge in [0, 0.05) is 6.92 Å². The lowest BCUT2D eigenvalue weighted by atomic mass is 10.0. The Morgan fingerprint density at radius 3 is 1.70 bits per heavy atom. The van der Waals surface area contributed by atoms with Crippen molar-refractivity contribution in [2.24, 2.45) is 0 Å². The smallest absolute Gasteiger partial charge is 0.377 e. The summed E-state index contributed by atoms with van der Waals surface area (Å²) in [6.07, 6.45) is -0.837. The van der Waals surface area contributed by atoms with E-state index in [0.29, 0.717) is 18.1 Å². The third-order valence-electron chi connectivity index (χ3n) is 2.79. The third kappa shape index (κ3) is 3.41. The van der Waals surface area contributed by atoms with E-state index in [1.54, 1.807) is 48.5 Å². The first-order valence-electron chi connectivity index (χ1n) is 6.17. The van der Waals surface area contributed by atoms with Crippen LogP contribution in [0.15, 0.2) is 60.7 Å². The van der Waals surface area contributed by atoms with Crippen molar-refractivity contribution in [2.45, 2.75) is 19.0 Å². The molecule has 0 N–H and O–H groups in total. The Morgan fingerprint density at radius 1 is 0.950 bits per heavy atom. The summed E-state index contributed by atoms with van der Waals surface area (Å²) >= 11 is 0. The Hall–Kier alpha value is -2.23. The molecule has 0 saturated carbocycles. The normalized spacial score (nSPS) is 11.4. The van der Waals surface area contributed by atoms with E-state index >= 15 is 0 Å². The maximum absolute atomic E-state index is 13.0. The fraction of sp³-hybridized carbons (Fsp3) is 0.188. The molecule has 20 heavy (non-hydrogen) atoms. The van der Waals surface area contributed by atoms with Crippen molar-refractivity contribution in [3.8, 4) is 0 Å². The fourth-order valence-corrected chi connectivity index (χ4v) is 1.79. The van der Waals surface area contributed by atoms with Crippen LogP contribution in [0.3, 0.4) is 0 Å². The summed E-state index contributed by atoms with van der Waals surface area (Å²) in [5.74, 6) is -5.04. The maximum atomic E-state index is 13.0. The molecule has 0 aromatic heterocycles. The second kappa shape index (κ2) is 5.82. The van der Waals surface area contributed by atoms with E-state index in [4.69, 9.17) is 4.74 Å². The second-order valence-electron chi connectivity index (χ2n) is 4.50. The summed E-state index contributed by atoms with van der Waals surface area (Å²) in [5.41, 5.74) is 1.30. The number of halogens is 2. The van der Waals surface area contributed by atoms with Gasteiger partial charge in [-0.3, -0.25) is 0 Å². The zero-order chi connectivity index (χ0) is 14.6. The van der Waals surface area contributed by atoms with Crippen LogP contribution in [-0.4, -0.2) is 11.9 Å². The summed E-state index contributed by atoms with van der Waals surface area (Å²) in [6, 6.07) is 17.6. The molecule has 2 nitrogen and oxygen atoms in total. The van der Waals surface area contributed by atoms with Gasteiger partial charge in [-0.05, 0) is 11.1 Å². The highest BCUT2D eigenvalue weighted by molar-refractivity contribution is 5.77. The molecule has 0 unspecified atom stereocenters. The standard InChI is InChI=1S/C16H14F2O2/c1-16(17,18)15(19)20-14(12-8-4-2-5-9-12)13-10-6-3-7-11-13/h2-11,14H,1H3. The van der Waals surface area contributed by atoms with Crippen LogP contribution in [0.4, 0.5) is 8.78 Å². The van der Waals surface area contributed by atoms with Crippen molar-refractivity contribution >= 4 is 5.97 Å². The lowest BCUT2D eigenvalue weighted by Crippen LogP contribution is -2.28. The highest BCUT2D eigenvalue weighted by atomic mass is 19.3. The number of hydrogen-bond donors (Lipinski definition) is 0. The zero-order valence-electron chi connectivity index (χ0n) is 10.9. The van der Waals surface area contributed by atoms with E-state index < -0.39 is 18.0 Å². The van der Waals surface area contributed by atoms with Crippen molar-refractivity contribution in [2.75, 3.05) is 0 Å². The molecule has 0 aliphatic carbocycles. The molecule has 0 bridgehead atoms. The van der Waals surface area contributed by atoms with E-state index in [9.17, 15) is 13.6 Å². The van der Waals surface area contributed by atoms with Gasteiger partial charge in [-0.25, -0.2) is 4.79 Å². The minimum Gasteiger partial charge on any atom is -0.448 e. The van der Waals surface area contributed by atoms with E-state index in [-0.39, 0.29) is 0 Å². The number of benzene rings is 2. The van der Waals surface area contributed by atoms with Crippen molar-refractivity contribution in [3.05, 3.63) is 71.8 Å². The summed E-state index contributed by atoms with van der Waals surface area (Å²) in [4.78, 5) is 11.4. The molecule has 0 atom stereocenters. The number of carbonyl (C=O) groups is 1. The lowest BCUT2D eigenvalue weighted by molar-refractivity contribution is -0.173. The fourth-order valence-electron chi connectivity index (χ4n) is 1.79. The SMILES string of the molecule is CC(F)(F)C(=O)OC(c1ccccc1)c1ccccc1. The van der Waals surface area contributed by atoms with Gasteiger partial charge in [0.25, 0.3) is 0 Å². The number of rotatable bonds is 4. The molecule has 104 valence electrons. The van der Waals surface area contributed by atoms with Crippen LogP contribution in [0.25, 0.3) is 0 Å². The van der Waals surface area contributed by atoms with Crippen LogP contribution >= 0.6 is 0 Å². The van der Waals surface area contributed by atoms with E-state index in [1.165, 1.54) is 0 Å². The van der Waals surface area contributed by atoms with Gasteiger partial charge in [-0.2, -0.15) is 8.78 Å². The molecule has 0 heterocycles. The Morgan fingerprint density at radius 2 is 1.35 bits per heavy atom. The van der Waals surface area contributed by atoms with Crippen LogP contribution < -0.4 is 0 Å². The van der Waals surface area contributed by atoms with Crippen molar-refractivity contribution in [3.63, 3.8) is 0 Å². The predicted octanol–water partition coefficient (Wildman–Crippen LogP) is 3.97. The topological polar surface area (TPSA) is 26.3 Å². The van der Waals surface area contributed by atoms with Gasteiger partial charge in [-0.1, -0.05) is 60.7 Å². The molecular formula is C16H14F2O2. The van der Waals surface area contributed by atoms with Crippen LogP contribution in [0.1, 0.15) is 24.2 Å².